The number of hydrogen-bond donors (Lipinski definition) is 0. The molecule has 0 unspecified atom stereocenters. The molecule has 148 valence electrons. The zero-order valence-corrected chi connectivity index (χ0v) is 17.0. The molecule has 0 aromatic heterocycles. The molecular formula is C26H28N2O. The van der Waals surface area contributed by atoms with Crippen molar-refractivity contribution in [1.29, 1.82) is 0 Å². The minimum absolute atomic E-state index is 0.209. The summed E-state index contributed by atoms with van der Waals surface area (Å²) in [6, 6.07) is 29.6. The zero-order chi connectivity index (χ0) is 20.1. The fourth-order valence-corrected chi connectivity index (χ4v) is 4.10. The van der Waals surface area contributed by atoms with E-state index in [4.69, 9.17) is 0 Å². The Hall–Kier alpha value is -2.75. The van der Waals surface area contributed by atoms with Crippen molar-refractivity contribution in [3.05, 3.63) is 107 Å². The van der Waals surface area contributed by atoms with Gasteiger partial charge in [0.15, 0.2) is 5.78 Å². The average Bonchev–Trinajstić information content (AvgIpc) is 2.77. The second kappa shape index (κ2) is 9.17. The molecular weight excluding hydrogens is 356 g/mol. The first-order valence-corrected chi connectivity index (χ1v) is 10.4. The SMILES string of the molecule is Cc1ccc(C(=O)CN2CCN(C(c3ccccc3)c3ccccc3)CC2)cc1. The van der Waals surface area contributed by atoms with Crippen LogP contribution in [0.5, 0.6) is 0 Å². The van der Waals surface area contributed by atoms with E-state index in [0.717, 1.165) is 31.7 Å². The molecule has 0 spiro atoms. The second-order valence-corrected chi connectivity index (χ2v) is 7.83. The van der Waals surface area contributed by atoms with Gasteiger partial charge in [0.2, 0.25) is 0 Å². The summed E-state index contributed by atoms with van der Waals surface area (Å²) >= 11 is 0. The molecule has 4 rings (SSSR count). The molecule has 0 amide bonds. The second-order valence-electron chi connectivity index (χ2n) is 7.83. The summed E-state index contributed by atoms with van der Waals surface area (Å²) < 4.78 is 0. The quantitative estimate of drug-likeness (QED) is 0.581. The molecule has 0 aliphatic carbocycles. The van der Waals surface area contributed by atoms with Crippen LogP contribution in [-0.4, -0.2) is 48.3 Å². The van der Waals surface area contributed by atoms with Gasteiger partial charge in [-0.25, -0.2) is 0 Å². The Morgan fingerprint density at radius 3 is 1.79 bits per heavy atom. The first-order chi connectivity index (χ1) is 14.2. The summed E-state index contributed by atoms with van der Waals surface area (Å²) in [5.41, 5.74) is 4.64. The number of hydrogen-bond acceptors (Lipinski definition) is 3. The van der Waals surface area contributed by atoms with Gasteiger partial charge in [-0.15, -0.1) is 0 Å². The third-order valence-corrected chi connectivity index (χ3v) is 5.74. The summed E-state index contributed by atoms with van der Waals surface area (Å²) in [6.07, 6.45) is 0. The third kappa shape index (κ3) is 4.81. The van der Waals surface area contributed by atoms with E-state index in [0.29, 0.717) is 6.54 Å². The van der Waals surface area contributed by atoms with Crippen molar-refractivity contribution >= 4 is 5.78 Å². The summed E-state index contributed by atoms with van der Waals surface area (Å²) in [4.78, 5) is 17.4. The first kappa shape index (κ1) is 19.6. The van der Waals surface area contributed by atoms with E-state index >= 15 is 0 Å². The van der Waals surface area contributed by atoms with Crippen LogP contribution < -0.4 is 0 Å². The molecule has 0 N–H and O–H groups in total. The number of piperazine rings is 1. The van der Waals surface area contributed by atoms with Gasteiger partial charge in [-0.2, -0.15) is 0 Å². The average molecular weight is 385 g/mol. The van der Waals surface area contributed by atoms with Crippen LogP contribution in [0, 0.1) is 6.92 Å². The van der Waals surface area contributed by atoms with Gasteiger partial charge in [0.1, 0.15) is 0 Å². The van der Waals surface area contributed by atoms with Crippen molar-refractivity contribution in [2.45, 2.75) is 13.0 Å². The largest absolute Gasteiger partial charge is 0.293 e. The van der Waals surface area contributed by atoms with E-state index in [9.17, 15) is 4.79 Å². The maximum absolute atomic E-state index is 12.6. The van der Waals surface area contributed by atoms with Gasteiger partial charge in [0.05, 0.1) is 12.6 Å². The van der Waals surface area contributed by atoms with Crippen molar-refractivity contribution in [3.63, 3.8) is 0 Å². The predicted octanol–water partition coefficient (Wildman–Crippen LogP) is 4.58. The minimum atomic E-state index is 0.209. The highest BCUT2D eigenvalue weighted by atomic mass is 16.1. The Labute approximate surface area is 173 Å². The molecule has 0 atom stereocenters. The van der Waals surface area contributed by atoms with Gasteiger partial charge in [0.25, 0.3) is 0 Å². The highest BCUT2D eigenvalue weighted by Gasteiger charge is 2.27. The summed E-state index contributed by atoms with van der Waals surface area (Å²) in [7, 11) is 0. The van der Waals surface area contributed by atoms with Crippen LogP contribution in [0.15, 0.2) is 84.9 Å². The van der Waals surface area contributed by atoms with Gasteiger partial charge < -0.3 is 0 Å². The van der Waals surface area contributed by atoms with Crippen molar-refractivity contribution in [2.24, 2.45) is 0 Å². The number of carbonyl (C=O) groups excluding carboxylic acids is 1. The van der Waals surface area contributed by atoms with Crippen LogP contribution in [0.25, 0.3) is 0 Å². The molecule has 1 aliphatic rings. The van der Waals surface area contributed by atoms with Gasteiger partial charge >= 0.3 is 0 Å². The number of aryl methyl sites for hydroxylation is 1. The van der Waals surface area contributed by atoms with E-state index in [1.165, 1.54) is 16.7 Å². The molecule has 3 nitrogen and oxygen atoms in total. The highest BCUT2D eigenvalue weighted by Crippen LogP contribution is 2.29. The van der Waals surface area contributed by atoms with Gasteiger partial charge in [-0.1, -0.05) is 90.5 Å². The molecule has 3 aromatic rings. The standard InChI is InChI=1S/C26H28N2O/c1-21-12-14-22(15-13-21)25(29)20-27-16-18-28(19-17-27)26(23-8-4-2-5-9-23)24-10-6-3-7-11-24/h2-15,26H,16-20H2,1H3. The fourth-order valence-electron chi connectivity index (χ4n) is 4.10. The maximum Gasteiger partial charge on any atom is 0.176 e. The number of ketones is 1. The minimum Gasteiger partial charge on any atom is -0.293 e. The lowest BCUT2D eigenvalue weighted by atomic mass is 9.96. The van der Waals surface area contributed by atoms with Crippen molar-refractivity contribution in [2.75, 3.05) is 32.7 Å². The molecule has 3 aromatic carbocycles. The van der Waals surface area contributed by atoms with E-state index in [2.05, 4.69) is 70.5 Å². The Balaban J connectivity index is 1.43. The molecule has 1 aliphatic heterocycles. The lowest BCUT2D eigenvalue weighted by Crippen LogP contribution is -2.49. The van der Waals surface area contributed by atoms with Crippen LogP contribution in [0.2, 0.25) is 0 Å². The predicted molar refractivity (Wildman–Crippen MR) is 118 cm³/mol. The van der Waals surface area contributed by atoms with Crippen LogP contribution in [0.4, 0.5) is 0 Å². The molecule has 1 fully saturated rings. The normalized spacial score (nSPS) is 15.5. The lowest BCUT2D eigenvalue weighted by molar-refractivity contribution is 0.0808. The topological polar surface area (TPSA) is 23.6 Å². The number of nitrogens with zero attached hydrogens (tertiary/aromatic N) is 2. The summed E-state index contributed by atoms with van der Waals surface area (Å²) in [6.45, 7) is 6.27. The monoisotopic (exact) mass is 384 g/mol. The lowest BCUT2D eigenvalue weighted by Gasteiger charge is -2.39. The Morgan fingerprint density at radius 2 is 1.28 bits per heavy atom. The van der Waals surface area contributed by atoms with Crippen molar-refractivity contribution in [3.8, 4) is 0 Å². The number of benzene rings is 3. The van der Waals surface area contributed by atoms with Gasteiger partial charge in [-0.05, 0) is 18.1 Å². The third-order valence-electron chi connectivity index (χ3n) is 5.74. The summed E-state index contributed by atoms with van der Waals surface area (Å²) in [5, 5.41) is 0. The van der Waals surface area contributed by atoms with E-state index in [-0.39, 0.29) is 11.8 Å². The zero-order valence-electron chi connectivity index (χ0n) is 17.0. The molecule has 1 heterocycles. The molecule has 0 bridgehead atoms. The van der Waals surface area contributed by atoms with Crippen molar-refractivity contribution < 1.29 is 4.79 Å². The molecule has 29 heavy (non-hydrogen) atoms. The summed E-state index contributed by atoms with van der Waals surface area (Å²) in [5.74, 6) is 0.209. The fraction of sp³-hybridized carbons (Fsp3) is 0.269. The van der Waals surface area contributed by atoms with Gasteiger partial charge in [-0.3, -0.25) is 14.6 Å². The smallest absolute Gasteiger partial charge is 0.176 e. The van der Waals surface area contributed by atoms with E-state index in [1.54, 1.807) is 0 Å². The first-order valence-electron chi connectivity index (χ1n) is 10.4. The van der Waals surface area contributed by atoms with Crippen LogP contribution in [-0.2, 0) is 0 Å². The number of Topliss-reactive ketones (excluding diaryl/α,β-unsaturated/α-hetero) is 1. The van der Waals surface area contributed by atoms with Crippen LogP contribution >= 0.6 is 0 Å². The number of rotatable bonds is 6. The molecule has 3 heteroatoms. The van der Waals surface area contributed by atoms with Crippen LogP contribution in [0.1, 0.15) is 33.1 Å². The molecule has 0 saturated carbocycles. The Bertz CT molecular complexity index is 874. The Kier molecular flexibility index (Phi) is 6.18. The maximum atomic E-state index is 12.6. The molecule has 0 radical (unpaired) electrons. The number of carbonyl (C=O) groups is 1. The van der Waals surface area contributed by atoms with E-state index < -0.39 is 0 Å². The van der Waals surface area contributed by atoms with Crippen LogP contribution in [0.3, 0.4) is 0 Å². The van der Waals surface area contributed by atoms with Gasteiger partial charge in [0, 0.05) is 31.7 Å². The van der Waals surface area contributed by atoms with Crippen molar-refractivity contribution in [1.82, 2.24) is 9.80 Å². The highest BCUT2D eigenvalue weighted by molar-refractivity contribution is 5.97. The Morgan fingerprint density at radius 1 is 0.759 bits per heavy atom. The van der Waals surface area contributed by atoms with E-state index in [1.807, 2.05) is 31.2 Å². The molecule has 1 saturated heterocycles.